The summed E-state index contributed by atoms with van der Waals surface area (Å²) >= 11 is 0. The normalized spacial score (nSPS) is 11.3. The summed E-state index contributed by atoms with van der Waals surface area (Å²) in [4.78, 5) is 12.1. The van der Waals surface area contributed by atoms with Gasteiger partial charge in [-0.05, 0) is 28.8 Å². The molecule has 4 rings (SSSR count). The molecule has 1 N–H and O–H groups in total. The zero-order chi connectivity index (χ0) is 20.6. The summed E-state index contributed by atoms with van der Waals surface area (Å²) in [5.41, 5.74) is 3.26. The van der Waals surface area contributed by atoms with Crippen LogP contribution in [0.3, 0.4) is 0 Å². The molecule has 5 heteroatoms. The molecule has 150 valence electrons. The van der Waals surface area contributed by atoms with Crippen LogP contribution in [0.1, 0.15) is 5.56 Å². The Hall–Kier alpha value is -3.91. The van der Waals surface area contributed by atoms with Gasteiger partial charge in [0.2, 0.25) is 12.7 Å². The van der Waals surface area contributed by atoms with E-state index in [0.717, 1.165) is 16.7 Å². The highest BCUT2D eigenvalue weighted by Crippen LogP contribution is 2.34. The van der Waals surface area contributed by atoms with Gasteiger partial charge < -0.3 is 19.5 Å². The van der Waals surface area contributed by atoms with E-state index in [1.807, 2.05) is 42.5 Å². The van der Waals surface area contributed by atoms with Crippen molar-refractivity contribution >= 4 is 5.91 Å². The number of amides is 1. The van der Waals surface area contributed by atoms with Crippen LogP contribution in [0, 0.1) is 11.8 Å². The maximum absolute atomic E-state index is 12.1. The summed E-state index contributed by atoms with van der Waals surface area (Å²) in [6.45, 7) is 0.747. The van der Waals surface area contributed by atoms with E-state index in [1.54, 1.807) is 18.2 Å². The zero-order valence-electron chi connectivity index (χ0n) is 16.4. The van der Waals surface area contributed by atoms with Crippen LogP contribution in [0.4, 0.5) is 0 Å². The molecule has 1 aliphatic heterocycles. The van der Waals surface area contributed by atoms with E-state index >= 15 is 0 Å². The lowest BCUT2D eigenvalue weighted by molar-refractivity contribution is -0.120. The number of carbonyl (C=O) groups is 1. The molecule has 0 aromatic heterocycles. The molecule has 1 amide bonds. The minimum Gasteiger partial charge on any atom is -0.481 e. The van der Waals surface area contributed by atoms with Crippen molar-refractivity contribution in [1.29, 1.82) is 0 Å². The van der Waals surface area contributed by atoms with Crippen LogP contribution < -0.4 is 19.5 Å². The van der Waals surface area contributed by atoms with E-state index < -0.39 is 0 Å². The van der Waals surface area contributed by atoms with Crippen LogP contribution in [-0.2, 0) is 11.2 Å². The molecule has 0 aliphatic carbocycles. The molecule has 30 heavy (non-hydrogen) atoms. The highest BCUT2D eigenvalue weighted by molar-refractivity contribution is 5.79. The van der Waals surface area contributed by atoms with E-state index in [9.17, 15) is 4.79 Å². The minimum atomic E-state index is -0.0616. The van der Waals surface area contributed by atoms with E-state index in [0.29, 0.717) is 23.7 Å². The largest absolute Gasteiger partial charge is 0.481 e. The molecule has 3 aromatic carbocycles. The monoisotopic (exact) mass is 399 g/mol. The van der Waals surface area contributed by atoms with Crippen LogP contribution in [0.15, 0.2) is 72.8 Å². The molecule has 0 atom stereocenters. The fourth-order valence-corrected chi connectivity index (χ4v) is 3.04. The fraction of sp³-hybridized carbons (Fsp3) is 0.160. The van der Waals surface area contributed by atoms with Crippen LogP contribution in [-0.4, -0.2) is 25.9 Å². The minimum absolute atomic E-state index is 0.0616. The van der Waals surface area contributed by atoms with Gasteiger partial charge in [0, 0.05) is 6.07 Å². The molecule has 5 nitrogen and oxygen atoms in total. The molecule has 1 heterocycles. The number of ether oxygens (including phenoxy) is 3. The molecule has 0 fully saturated rings. The Balaban J connectivity index is 1.18. The van der Waals surface area contributed by atoms with Crippen molar-refractivity contribution < 1.29 is 19.0 Å². The quantitative estimate of drug-likeness (QED) is 0.640. The molecule has 3 aromatic rings. The highest BCUT2D eigenvalue weighted by Gasteiger charge is 2.13. The van der Waals surface area contributed by atoms with Crippen LogP contribution in [0.2, 0.25) is 0 Å². The second kappa shape index (κ2) is 9.53. The summed E-state index contributed by atoms with van der Waals surface area (Å²) in [5.74, 6) is 7.77. The molecule has 0 unspecified atom stereocenters. The topological polar surface area (TPSA) is 56.8 Å². The van der Waals surface area contributed by atoms with Crippen molar-refractivity contribution in [3.05, 3.63) is 78.4 Å². The number of fused-ring (bicyclic) bond motifs is 1. The Morgan fingerprint density at radius 1 is 0.900 bits per heavy atom. The van der Waals surface area contributed by atoms with Crippen LogP contribution in [0.25, 0.3) is 11.1 Å². The summed E-state index contributed by atoms with van der Waals surface area (Å²) in [5, 5.41) is 2.81. The van der Waals surface area contributed by atoms with Gasteiger partial charge in [-0.3, -0.25) is 4.79 Å². The van der Waals surface area contributed by atoms with Crippen LogP contribution >= 0.6 is 0 Å². The molecule has 0 radical (unpaired) electrons. The number of rotatable bonds is 6. The molecule has 0 saturated heterocycles. The van der Waals surface area contributed by atoms with Crippen molar-refractivity contribution in [2.24, 2.45) is 0 Å². The summed E-state index contributed by atoms with van der Waals surface area (Å²) in [6.07, 6.45) is 0.324. The maximum Gasteiger partial charge on any atom is 0.231 e. The Kier molecular flexibility index (Phi) is 6.16. The second-order valence-electron chi connectivity index (χ2n) is 6.67. The second-order valence-corrected chi connectivity index (χ2v) is 6.67. The van der Waals surface area contributed by atoms with Gasteiger partial charge in [-0.25, -0.2) is 0 Å². The Labute approximate surface area is 175 Å². The van der Waals surface area contributed by atoms with Crippen molar-refractivity contribution in [2.75, 3.05) is 19.9 Å². The first-order valence-electron chi connectivity index (χ1n) is 9.67. The zero-order valence-corrected chi connectivity index (χ0v) is 16.4. The third-order valence-corrected chi connectivity index (χ3v) is 4.58. The molecule has 0 spiro atoms. The Bertz CT molecular complexity index is 1070. The number of hydrogen-bond donors (Lipinski definition) is 1. The molecular formula is C25H21NO4. The van der Waals surface area contributed by atoms with Gasteiger partial charge in [0.05, 0.1) is 13.0 Å². The lowest BCUT2D eigenvalue weighted by Crippen LogP contribution is -2.25. The summed E-state index contributed by atoms with van der Waals surface area (Å²) < 4.78 is 16.1. The van der Waals surface area contributed by atoms with E-state index in [-0.39, 0.29) is 25.9 Å². The first-order valence-corrected chi connectivity index (χ1v) is 9.67. The lowest BCUT2D eigenvalue weighted by atomic mass is 10.0. The third-order valence-electron chi connectivity index (χ3n) is 4.58. The van der Waals surface area contributed by atoms with E-state index in [1.165, 1.54) is 0 Å². The predicted octanol–water partition coefficient (Wildman–Crippen LogP) is 3.82. The molecule has 1 aliphatic rings. The number of benzene rings is 3. The van der Waals surface area contributed by atoms with Gasteiger partial charge >= 0.3 is 0 Å². The third kappa shape index (κ3) is 5.12. The highest BCUT2D eigenvalue weighted by atomic mass is 16.7. The van der Waals surface area contributed by atoms with Crippen molar-refractivity contribution in [3.63, 3.8) is 0 Å². The SMILES string of the molecule is O=C(Cc1ccc(-c2ccccc2)cc1)NCC#CCOc1ccc2c(c1)OCO2. The van der Waals surface area contributed by atoms with Gasteiger partial charge in [-0.1, -0.05) is 66.4 Å². The van der Waals surface area contributed by atoms with E-state index in [2.05, 4.69) is 29.3 Å². The van der Waals surface area contributed by atoms with E-state index in [4.69, 9.17) is 14.2 Å². The lowest BCUT2D eigenvalue weighted by Gasteiger charge is -2.05. The van der Waals surface area contributed by atoms with Gasteiger partial charge in [-0.15, -0.1) is 0 Å². The smallest absolute Gasteiger partial charge is 0.231 e. The summed E-state index contributed by atoms with van der Waals surface area (Å²) in [7, 11) is 0. The van der Waals surface area contributed by atoms with Gasteiger partial charge in [0.1, 0.15) is 12.4 Å². The molecule has 0 saturated carbocycles. The number of hydrogen-bond acceptors (Lipinski definition) is 4. The van der Waals surface area contributed by atoms with Crippen molar-refractivity contribution in [2.45, 2.75) is 6.42 Å². The maximum atomic E-state index is 12.1. The van der Waals surface area contributed by atoms with Gasteiger partial charge in [0.25, 0.3) is 0 Å². The predicted molar refractivity (Wildman–Crippen MR) is 114 cm³/mol. The number of nitrogens with one attached hydrogen (secondary N) is 1. The van der Waals surface area contributed by atoms with Crippen LogP contribution in [0.5, 0.6) is 17.2 Å². The first-order chi connectivity index (χ1) is 14.8. The Morgan fingerprint density at radius 2 is 1.67 bits per heavy atom. The molecule has 0 bridgehead atoms. The van der Waals surface area contributed by atoms with Gasteiger partial charge in [-0.2, -0.15) is 0 Å². The summed E-state index contributed by atoms with van der Waals surface area (Å²) in [6, 6.07) is 23.6. The van der Waals surface area contributed by atoms with Crippen molar-refractivity contribution in [1.82, 2.24) is 5.32 Å². The van der Waals surface area contributed by atoms with Gasteiger partial charge in [0.15, 0.2) is 11.5 Å². The number of carbonyl (C=O) groups excluding carboxylic acids is 1. The first kappa shape index (κ1) is 19.4. The standard InChI is InChI=1S/C25H21NO4/c27-25(16-19-8-10-21(11-9-19)20-6-2-1-3-7-20)26-14-4-5-15-28-22-12-13-23-24(17-22)30-18-29-23/h1-3,6-13,17H,14-16,18H2,(H,26,27). The average molecular weight is 399 g/mol. The molecular weight excluding hydrogens is 378 g/mol. The Morgan fingerprint density at radius 3 is 2.50 bits per heavy atom. The fourth-order valence-electron chi connectivity index (χ4n) is 3.04. The average Bonchev–Trinajstić information content (AvgIpc) is 3.25. The van der Waals surface area contributed by atoms with Crippen molar-refractivity contribution in [3.8, 4) is 40.2 Å².